The van der Waals surface area contributed by atoms with Crippen molar-refractivity contribution in [1.82, 2.24) is 0 Å². The van der Waals surface area contributed by atoms with Gasteiger partial charge in [0.05, 0.1) is 0 Å². The van der Waals surface area contributed by atoms with E-state index >= 15 is 0 Å². The molecule has 16 aromatic rings. The van der Waals surface area contributed by atoms with Crippen LogP contribution >= 0.6 is 0 Å². The number of hydrogen-bond acceptors (Lipinski definition) is 0. The molecule has 0 N–H and O–H groups in total. The highest BCUT2D eigenvalue weighted by Crippen LogP contribution is 2.67. The summed E-state index contributed by atoms with van der Waals surface area (Å²) in [5.41, 5.74) is 36.8. The fraction of sp³-hybridized carbons (Fsp3) is 0.154. The summed E-state index contributed by atoms with van der Waals surface area (Å²) in [6.45, 7) is 28.7. The Kier molecular flexibility index (Phi) is 15.0. The molecule has 18 rings (SSSR count). The second-order valence-corrected chi connectivity index (χ2v) is 33.4. The molecular weight excluding hydrogens is 1250 g/mol. The molecule has 0 amide bonds. The molecule has 0 saturated carbocycles. The number of fused-ring (bicyclic) bond motifs is 9. The van der Waals surface area contributed by atoms with E-state index in [1.165, 1.54) is 210 Å². The van der Waals surface area contributed by atoms with E-state index in [-0.39, 0.29) is 21.7 Å². The molecule has 16 aromatic carbocycles. The lowest BCUT2D eigenvalue weighted by Crippen LogP contribution is -2.17. The van der Waals surface area contributed by atoms with Gasteiger partial charge in [0.25, 0.3) is 0 Å². The molecule has 502 valence electrons. The smallest absolute Gasteiger partial charge is 0.000116 e. The number of benzene rings is 16. The highest BCUT2D eigenvalue weighted by atomic mass is 14.4. The second-order valence-electron chi connectivity index (χ2n) is 33.4. The maximum absolute atomic E-state index is 2.57. The largest absolute Gasteiger partial charge is 0.0622 e. The lowest BCUT2D eigenvalue weighted by atomic mass is 9.73. The van der Waals surface area contributed by atoms with E-state index in [0.717, 1.165) is 0 Å². The summed E-state index contributed by atoms with van der Waals surface area (Å²) in [6, 6.07) is 117. The van der Waals surface area contributed by atoms with E-state index in [9.17, 15) is 0 Å². The van der Waals surface area contributed by atoms with E-state index in [1.807, 2.05) is 0 Å². The van der Waals surface area contributed by atoms with Gasteiger partial charge in [-0.25, -0.2) is 0 Å². The monoisotopic (exact) mass is 1330 g/mol. The van der Waals surface area contributed by atoms with Gasteiger partial charge in [0.15, 0.2) is 0 Å². The van der Waals surface area contributed by atoms with Gasteiger partial charge in [-0.2, -0.15) is 0 Å². The fourth-order valence-corrected chi connectivity index (χ4v) is 17.5. The van der Waals surface area contributed by atoms with Gasteiger partial charge in [0, 0.05) is 0 Å². The van der Waals surface area contributed by atoms with Crippen LogP contribution in [0.5, 0.6) is 0 Å². The first-order valence-electron chi connectivity index (χ1n) is 37.3. The summed E-state index contributed by atoms with van der Waals surface area (Å²) in [4.78, 5) is 0. The molecule has 0 heterocycles. The van der Waals surface area contributed by atoms with Crippen molar-refractivity contribution in [2.24, 2.45) is 0 Å². The first kappa shape index (κ1) is 64.6. The van der Waals surface area contributed by atoms with E-state index in [0.29, 0.717) is 0 Å². The quantitative estimate of drug-likeness (QED) is 0.126. The standard InChI is InChI=1S/C104H86/c1-101(2,3)73-56-71(57-74(61-73)102(4,5)6)89-93-77(64-36-22-14-23-37-64)50-51-78(65-38-24-15-25-39-65)94(93)90(72-58-75(103(7,8)9)62-76(59-72)104(10,11)12)98-83-55-53-81-91-80(52-54-82(92(83)91)97(89)98)95-87(68-44-30-18-31-45-68)99-85(66-40-26-16-27-41-66)79-49-48-70(63-34-20-13-21-35-63)60-84(79)86(67-42-28-17-29-43-67)100(99)88(96(81)95)69-46-32-19-33-47-69/h13-62H,1-12H3. The zero-order chi connectivity index (χ0) is 71.3. The first-order chi connectivity index (χ1) is 50.2. The lowest BCUT2D eigenvalue weighted by Gasteiger charge is -2.30. The summed E-state index contributed by atoms with van der Waals surface area (Å²) < 4.78 is 0. The summed E-state index contributed by atoms with van der Waals surface area (Å²) in [5.74, 6) is 0. The Morgan fingerprint density at radius 2 is 0.394 bits per heavy atom. The summed E-state index contributed by atoms with van der Waals surface area (Å²) in [6.07, 6.45) is 0. The Labute approximate surface area is 614 Å². The molecule has 0 fully saturated rings. The Morgan fingerprint density at radius 1 is 0.144 bits per heavy atom. The van der Waals surface area contributed by atoms with Crippen LogP contribution in [0.15, 0.2) is 303 Å². The fourth-order valence-electron chi connectivity index (χ4n) is 17.5. The van der Waals surface area contributed by atoms with Crippen LogP contribution in [0.1, 0.15) is 105 Å². The predicted molar refractivity (Wildman–Crippen MR) is 449 cm³/mol. The van der Waals surface area contributed by atoms with E-state index in [4.69, 9.17) is 0 Å². The Bertz CT molecular complexity index is 5910. The number of hydrogen-bond donors (Lipinski definition) is 0. The molecular formula is C104H86. The molecule has 0 atom stereocenters. The molecule has 2 aliphatic carbocycles. The van der Waals surface area contributed by atoms with E-state index in [2.05, 4.69) is 386 Å². The molecule has 2 aliphatic rings. The molecule has 0 unspecified atom stereocenters. The molecule has 0 aliphatic heterocycles. The van der Waals surface area contributed by atoms with Crippen LogP contribution in [-0.4, -0.2) is 0 Å². The van der Waals surface area contributed by atoms with Crippen molar-refractivity contribution >= 4 is 43.1 Å². The molecule has 0 spiro atoms. The predicted octanol–water partition coefficient (Wildman–Crippen LogP) is 29.8. The molecule has 0 bridgehead atoms. The van der Waals surface area contributed by atoms with Crippen LogP contribution in [0.25, 0.3) is 188 Å². The highest BCUT2D eigenvalue weighted by molar-refractivity contribution is 6.39. The van der Waals surface area contributed by atoms with E-state index < -0.39 is 0 Å². The second kappa shape index (κ2) is 24.1. The molecule has 0 saturated heterocycles. The zero-order valence-electron chi connectivity index (χ0n) is 61.9. The normalized spacial score (nSPS) is 12.6. The first-order valence-corrected chi connectivity index (χ1v) is 37.3. The summed E-state index contributed by atoms with van der Waals surface area (Å²) >= 11 is 0. The van der Waals surface area contributed by atoms with Gasteiger partial charge in [-0.05, 0) is 238 Å². The van der Waals surface area contributed by atoms with Crippen molar-refractivity contribution in [2.45, 2.75) is 105 Å². The van der Waals surface area contributed by atoms with Crippen LogP contribution in [0.3, 0.4) is 0 Å². The zero-order valence-corrected chi connectivity index (χ0v) is 61.9. The maximum atomic E-state index is 2.57. The van der Waals surface area contributed by atoms with Gasteiger partial charge >= 0.3 is 0 Å². The van der Waals surface area contributed by atoms with Crippen molar-refractivity contribution in [1.29, 1.82) is 0 Å². The minimum Gasteiger partial charge on any atom is -0.0622 e. The van der Waals surface area contributed by atoms with Crippen LogP contribution < -0.4 is 0 Å². The van der Waals surface area contributed by atoms with Crippen molar-refractivity contribution in [2.75, 3.05) is 0 Å². The molecule has 0 aromatic heterocycles. The maximum Gasteiger partial charge on any atom is -0.000116 e. The SMILES string of the molecule is CC(C)(C)c1cc(-c2c3c(c(-c4cc(C(C)(C)C)cc(C(C)(C)C)c4)c4c(-c5ccccc5)ccc(-c5ccccc5)c24)-c2ccc4c5c(ccc-3c25)-c2c-4c(-c3ccccc3)c3c(-c4ccccc4)c4cc(-c5ccccc5)ccc4c(-c4ccccc4)c3c2-c2ccccc2)cc(C(C)(C)C)c1. The molecule has 104 heavy (non-hydrogen) atoms. The van der Waals surface area contributed by atoms with Crippen molar-refractivity contribution in [3.8, 4) is 145 Å². The average Bonchev–Trinajstić information content (AvgIpc) is 1.44. The molecule has 0 heteroatoms. The Balaban J connectivity index is 1.09. The third-order valence-electron chi connectivity index (χ3n) is 22.7. The van der Waals surface area contributed by atoms with Crippen LogP contribution in [0.4, 0.5) is 0 Å². The van der Waals surface area contributed by atoms with Gasteiger partial charge in [-0.1, -0.05) is 380 Å². The van der Waals surface area contributed by atoms with Gasteiger partial charge in [0.1, 0.15) is 0 Å². The van der Waals surface area contributed by atoms with Crippen LogP contribution in [0, 0.1) is 0 Å². The molecule has 0 nitrogen and oxygen atoms in total. The Morgan fingerprint density at radius 3 is 0.692 bits per heavy atom. The summed E-state index contributed by atoms with van der Waals surface area (Å²) in [7, 11) is 0. The third kappa shape index (κ3) is 10.4. The minimum absolute atomic E-state index is 0.159. The van der Waals surface area contributed by atoms with Crippen LogP contribution in [-0.2, 0) is 21.7 Å². The third-order valence-corrected chi connectivity index (χ3v) is 22.7. The Hall–Kier alpha value is -11.4. The molecule has 0 radical (unpaired) electrons. The van der Waals surface area contributed by atoms with Crippen molar-refractivity contribution < 1.29 is 0 Å². The van der Waals surface area contributed by atoms with Crippen molar-refractivity contribution in [3.63, 3.8) is 0 Å². The van der Waals surface area contributed by atoms with Gasteiger partial charge < -0.3 is 0 Å². The van der Waals surface area contributed by atoms with Gasteiger partial charge in [-0.3, -0.25) is 0 Å². The van der Waals surface area contributed by atoms with Crippen LogP contribution in [0.2, 0.25) is 0 Å². The average molecular weight is 1340 g/mol. The lowest BCUT2D eigenvalue weighted by molar-refractivity contribution is 0.568. The van der Waals surface area contributed by atoms with Crippen molar-refractivity contribution in [3.05, 3.63) is 326 Å². The minimum atomic E-state index is -0.159. The highest BCUT2D eigenvalue weighted by Gasteiger charge is 2.41. The van der Waals surface area contributed by atoms with Gasteiger partial charge in [0.2, 0.25) is 0 Å². The topological polar surface area (TPSA) is 0 Å². The number of rotatable bonds is 9. The summed E-state index contributed by atoms with van der Waals surface area (Å²) in [5, 5.41) is 10.1. The van der Waals surface area contributed by atoms with Gasteiger partial charge in [-0.15, -0.1) is 0 Å². The van der Waals surface area contributed by atoms with E-state index in [1.54, 1.807) is 0 Å².